The lowest BCUT2D eigenvalue weighted by Gasteiger charge is -2.06. The number of aryl methyl sites for hydroxylation is 1. The summed E-state index contributed by atoms with van der Waals surface area (Å²) in [6.07, 6.45) is 1.59. The van der Waals surface area contributed by atoms with Crippen LogP contribution in [0.25, 0.3) is 10.8 Å². The fraction of sp³-hybridized carbons (Fsp3) is 0.115. The molecule has 0 spiro atoms. The largest absolute Gasteiger partial charge is 0.486 e. The molecule has 1 N–H and O–H groups in total. The van der Waals surface area contributed by atoms with Crippen LogP contribution < -0.4 is 10.1 Å². The van der Waals surface area contributed by atoms with Gasteiger partial charge in [0, 0.05) is 0 Å². The third kappa shape index (κ3) is 4.77. The Labute approximate surface area is 190 Å². The SMILES string of the molecule is Cc1ccccc1Cn1cnc(NC(=O)c2ccc(COc3ccc4ccccc4c3)o2)n1. The molecule has 7 heteroatoms. The van der Waals surface area contributed by atoms with Crippen LogP contribution in [0.15, 0.2) is 89.6 Å². The Morgan fingerprint density at radius 1 is 1.00 bits per heavy atom. The Kier molecular flexibility index (Phi) is 5.59. The van der Waals surface area contributed by atoms with E-state index in [2.05, 4.69) is 21.5 Å². The second-order valence-corrected chi connectivity index (χ2v) is 7.71. The summed E-state index contributed by atoms with van der Waals surface area (Å²) < 4.78 is 13.2. The molecule has 2 aromatic heterocycles. The van der Waals surface area contributed by atoms with E-state index in [9.17, 15) is 4.79 Å². The van der Waals surface area contributed by atoms with Crippen molar-refractivity contribution in [2.75, 3.05) is 5.32 Å². The predicted octanol–water partition coefficient (Wildman–Crippen LogP) is 5.21. The fourth-order valence-corrected chi connectivity index (χ4v) is 3.54. The lowest BCUT2D eigenvalue weighted by Crippen LogP contribution is -2.12. The maximum absolute atomic E-state index is 12.5. The third-order valence-corrected chi connectivity index (χ3v) is 5.34. The minimum Gasteiger partial charge on any atom is -0.486 e. The molecule has 3 aromatic carbocycles. The molecule has 5 rings (SSSR count). The minimum atomic E-state index is -0.416. The lowest BCUT2D eigenvalue weighted by molar-refractivity contribution is 0.0991. The molecule has 0 radical (unpaired) electrons. The molecular formula is C26H22N4O3. The number of nitrogens with one attached hydrogen (secondary N) is 1. The molecule has 2 heterocycles. The first-order valence-corrected chi connectivity index (χ1v) is 10.6. The highest BCUT2D eigenvalue weighted by molar-refractivity contribution is 6.01. The standard InChI is InChI=1S/C26H22N4O3/c1-18-6-2-3-9-21(18)15-30-17-27-26(29-30)28-25(31)24-13-12-23(33-24)16-32-22-11-10-19-7-4-5-8-20(19)14-22/h2-14,17H,15-16H2,1H3,(H,28,29,31). The van der Waals surface area contributed by atoms with E-state index in [1.807, 2.05) is 67.6 Å². The highest BCUT2D eigenvalue weighted by atomic mass is 16.5. The van der Waals surface area contributed by atoms with E-state index >= 15 is 0 Å². The highest BCUT2D eigenvalue weighted by Crippen LogP contribution is 2.22. The van der Waals surface area contributed by atoms with E-state index in [4.69, 9.17) is 9.15 Å². The van der Waals surface area contributed by atoms with E-state index < -0.39 is 5.91 Å². The molecule has 33 heavy (non-hydrogen) atoms. The van der Waals surface area contributed by atoms with Gasteiger partial charge in [0.25, 0.3) is 5.91 Å². The molecule has 0 saturated carbocycles. The van der Waals surface area contributed by atoms with Crippen molar-refractivity contribution in [1.29, 1.82) is 0 Å². The molecule has 0 unspecified atom stereocenters. The monoisotopic (exact) mass is 438 g/mol. The second kappa shape index (κ2) is 9.00. The first-order chi connectivity index (χ1) is 16.1. The van der Waals surface area contributed by atoms with Gasteiger partial charge in [-0.1, -0.05) is 54.6 Å². The molecule has 0 bridgehead atoms. The molecule has 0 atom stereocenters. The van der Waals surface area contributed by atoms with Gasteiger partial charge in [0.05, 0.1) is 6.54 Å². The van der Waals surface area contributed by atoms with E-state index in [-0.39, 0.29) is 18.3 Å². The zero-order valence-corrected chi connectivity index (χ0v) is 18.1. The highest BCUT2D eigenvalue weighted by Gasteiger charge is 2.14. The van der Waals surface area contributed by atoms with Crippen LogP contribution in [0.2, 0.25) is 0 Å². The summed E-state index contributed by atoms with van der Waals surface area (Å²) in [6.45, 7) is 2.84. The van der Waals surface area contributed by atoms with Crippen molar-refractivity contribution in [3.8, 4) is 5.75 Å². The predicted molar refractivity (Wildman–Crippen MR) is 125 cm³/mol. The number of carbonyl (C=O) groups excluding carboxylic acids is 1. The molecule has 0 saturated heterocycles. The third-order valence-electron chi connectivity index (χ3n) is 5.34. The zero-order chi connectivity index (χ0) is 22.6. The van der Waals surface area contributed by atoms with Gasteiger partial charge >= 0.3 is 0 Å². The van der Waals surface area contributed by atoms with Gasteiger partial charge in [-0.2, -0.15) is 0 Å². The van der Waals surface area contributed by atoms with Crippen LogP contribution in [0.1, 0.15) is 27.4 Å². The van der Waals surface area contributed by atoms with Crippen LogP contribution >= 0.6 is 0 Å². The summed E-state index contributed by atoms with van der Waals surface area (Å²) in [6, 6.07) is 25.4. The van der Waals surface area contributed by atoms with E-state index in [1.54, 1.807) is 23.1 Å². The summed E-state index contributed by atoms with van der Waals surface area (Å²) >= 11 is 0. The first-order valence-electron chi connectivity index (χ1n) is 10.6. The van der Waals surface area contributed by atoms with Gasteiger partial charge in [-0.3, -0.25) is 10.1 Å². The number of hydrogen-bond donors (Lipinski definition) is 1. The molecule has 5 aromatic rings. The van der Waals surface area contributed by atoms with Crippen molar-refractivity contribution < 1.29 is 13.9 Å². The summed E-state index contributed by atoms with van der Waals surface area (Å²) in [5, 5.41) is 9.25. The summed E-state index contributed by atoms with van der Waals surface area (Å²) in [4.78, 5) is 16.7. The fourth-order valence-electron chi connectivity index (χ4n) is 3.54. The molecule has 164 valence electrons. The van der Waals surface area contributed by atoms with Crippen molar-refractivity contribution in [2.24, 2.45) is 0 Å². The van der Waals surface area contributed by atoms with Crippen molar-refractivity contribution in [3.63, 3.8) is 0 Å². The van der Waals surface area contributed by atoms with Crippen LogP contribution in [0.5, 0.6) is 5.75 Å². The Bertz CT molecular complexity index is 1420. The maximum Gasteiger partial charge on any atom is 0.293 e. The number of furan rings is 1. The smallest absolute Gasteiger partial charge is 0.293 e. The number of ether oxygens (including phenoxy) is 1. The average Bonchev–Trinajstić information content (AvgIpc) is 3.49. The van der Waals surface area contributed by atoms with E-state index in [0.29, 0.717) is 12.3 Å². The van der Waals surface area contributed by atoms with E-state index in [0.717, 1.165) is 22.1 Å². The first kappa shape index (κ1) is 20.5. The number of carbonyl (C=O) groups is 1. The van der Waals surface area contributed by atoms with Gasteiger partial charge < -0.3 is 9.15 Å². The maximum atomic E-state index is 12.5. The molecule has 0 fully saturated rings. The van der Waals surface area contributed by atoms with Gasteiger partial charge in [0.1, 0.15) is 24.4 Å². The Hall–Kier alpha value is -4.39. The van der Waals surface area contributed by atoms with Crippen molar-refractivity contribution in [2.45, 2.75) is 20.1 Å². The zero-order valence-electron chi connectivity index (χ0n) is 18.1. The minimum absolute atomic E-state index is 0.169. The van der Waals surface area contributed by atoms with Crippen molar-refractivity contribution in [3.05, 3.63) is 108 Å². The summed E-state index contributed by atoms with van der Waals surface area (Å²) in [7, 11) is 0. The van der Waals surface area contributed by atoms with Gasteiger partial charge in [-0.05, 0) is 53.1 Å². The number of nitrogens with zero attached hydrogens (tertiary/aromatic N) is 3. The molecule has 0 aliphatic carbocycles. The number of anilines is 1. The Morgan fingerprint density at radius 3 is 2.70 bits per heavy atom. The van der Waals surface area contributed by atoms with Crippen molar-refractivity contribution in [1.82, 2.24) is 14.8 Å². The topological polar surface area (TPSA) is 82.2 Å². The van der Waals surface area contributed by atoms with Gasteiger partial charge in [0.2, 0.25) is 5.95 Å². The number of amides is 1. The number of hydrogen-bond acceptors (Lipinski definition) is 5. The number of aromatic nitrogens is 3. The lowest BCUT2D eigenvalue weighted by atomic mass is 10.1. The number of benzene rings is 3. The molecular weight excluding hydrogens is 416 g/mol. The molecule has 0 aliphatic heterocycles. The molecule has 7 nitrogen and oxygen atoms in total. The summed E-state index contributed by atoms with van der Waals surface area (Å²) in [5.41, 5.74) is 2.31. The second-order valence-electron chi connectivity index (χ2n) is 7.71. The van der Waals surface area contributed by atoms with Crippen LogP contribution in [0.4, 0.5) is 5.95 Å². The van der Waals surface area contributed by atoms with Crippen LogP contribution in [-0.4, -0.2) is 20.7 Å². The van der Waals surface area contributed by atoms with E-state index in [1.165, 1.54) is 5.56 Å². The normalized spacial score (nSPS) is 10.9. The van der Waals surface area contributed by atoms with Crippen LogP contribution in [-0.2, 0) is 13.2 Å². The number of fused-ring (bicyclic) bond motifs is 1. The average molecular weight is 438 g/mol. The number of rotatable bonds is 7. The molecule has 0 aliphatic rings. The van der Waals surface area contributed by atoms with Gasteiger partial charge in [0.15, 0.2) is 5.76 Å². The van der Waals surface area contributed by atoms with Gasteiger partial charge in [-0.15, -0.1) is 5.10 Å². The molecule has 1 amide bonds. The van der Waals surface area contributed by atoms with Crippen LogP contribution in [0.3, 0.4) is 0 Å². The summed E-state index contributed by atoms with van der Waals surface area (Å²) in [5.74, 6) is 1.26. The Balaban J connectivity index is 1.19. The van der Waals surface area contributed by atoms with Crippen LogP contribution in [0, 0.1) is 6.92 Å². The Morgan fingerprint density at radius 2 is 1.82 bits per heavy atom. The van der Waals surface area contributed by atoms with Crippen molar-refractivity contribution >= 4 is 22.6 Å². The van der Waals surface area contributed by atoms with Gasteiger partial charge in [-0.25, -0.2) is 9.67 Å². The quantitative estimate of drug-likeness (QED) is 0.377.